The Bertz CT molecular complexity index is 357. The molecule has 0 radical (unpaired) electrons. The Morgan fingerprint density at radius 3 is 3.19 bits per heavy atom. The van der Waals surface area contributed by atoms with Gasteiger partial charge in [0.1, 0.15) is 5.75 Å². The first-order valence-electron chi connectivity index (χ1n) is 5.67. The molecule has 88 valence electrons. The summed E-state index contributed by atoms with van der Waals surface area (Å²) in [6.45, 7) is 2.20. The summed E-state index contributed by atoms with van der Waals surface area (Å²) < 4.78 is 5.69. The van der Waals surface area contributed by atoms with Crippen LogP contribution in [0.15, 0.2) is 18.2 Å². The maximum Gasteiger partial charge on any atom is 0.142 e. The number of hydrogen-bond acceptors (Lipinski definition) is 3. The highest BCUT2D eigenvalue weighted by Gasteiger charge is 2.20. The molecule has 2 rings (SSSR count). The summed E-state index contributed by atoms with van der Waals surface area (Å²) in [5.41, 5.74) is 6.67. The molecular formula is C12H17ClN2O. The zero-order valence-electron chi connectivity index (χ0n) is 9.21. The van der Waals surface area contributed by atoms with E-state index in [4.69, 9.17) is 22.1 Å². The molecule has 1 atom stereocenters. The van der Waals surface area contributed by atoms with E-state index in [9.17, 15) is 0 Å². The fourth-order valence-corrected chi connectivity index (χ4v) is 2.28. The number of fused-ring (bicyclic) bond motifs is 1. The number of benzene rings is 1. The van der Waals surface area contributed by atoms with Crippen molar-refractivity contribution in [2.45, 2.75) is 18.9 Å². The predicted molar refractivity (Wildman–Crippen MR) is 66.0 cm³/mol. The summed E-state index contributed by atoms with van der Waals surface area (Å²) in [6, 6.07) is 6.21. The minimum atomic E-state index is 0.305. The van der Waals surface area contributed by atoms with E-state index in [1.165, 1.54) is 0 Å². The number of nitrogens with one attached hydrogen (secondary N) is 1. The van der Waals surface area contributed by atoms with Crippen LogP contribution in [0.25, 0.3) is 0 Å². The van der Waals surface area contributed by atoms with E-state index in [1.54, 1.807) is 0 Å². The molecule has 0 aliphatic carbocycles. The Morgan fingerprint density at radius 1 is 1.50 bits per heavy atom. The average molecular weight is 241 g/mol. The Kier molecular flexibility index (Phi) is 4.04. The van der Waals surface area contributed by atoms with Crippen LogP contribution >= 0.6 is 11.6 Å². The van der Waals surface area contributed by atoms with Crippen LogP contribution in [-0.4, -0.2) is 19.7 Å². The van der Waals surface area contributed by atoms with Gasteiger partial charge in [-0.25, -0.2) is 0 Å². The van der Waals surface area contributed by atoms with Crippen LogP contribution in [0.4, 0.5) is 0 Å². The zero-order valence-corrected chi connectivity index (χ0v) is 9.96. The van der Waals surface area contributed by atoms with Crippen LogP contribution in [0.5, 0.6) is 5.75 Å². The summed E-state index contributed by atoms with van der Waals surface area (Å²) in [7, 11) is 0. The van der Waals surface area contributed by atoms with Gasteiger partial charge in [-0.2, -0.15) is 0 Å². The van der Waals surface area contributed by atoms with Crippen molar-refractivity contribution in [3.63, 3.8) is 0 Å². The van der Waals surface area contributed by atoms with Gasteiger partial charge in [-0.05, 0) is 18.9 Å². The molecule has 1 heterocycles. The van der Waals surface area contributed by atoms with E-state index in [0.717, 1.165) is 37.3 Å². The van der Waals surface area contributed by atoms with Gasteiger partial charge in [-0.3, -0.25) is 0 Å². The van der Waals surface area contributed by atoms with Crippen LogP contribution in [-0.2, 0) is 0 Å². The number of para-hydroxylation sites is 1. The van der Waals surface area contributed by atoms with Gasteiger partial charge in [0, 0.05) is 24.7 Å². The van der Waals surface area contributed by atoms with Crippen molar-refractivity contribution in [1.82, 2.24) is 5.32 Å². The van der Waals surface area contributed by atoms with Gasteiger partial charge in [0.25, 0.3) is 0 Å². The molecule has 1 aromatic rings. The lowest BCUT2D eigenvalue weighted by Gasteiger charge is -2.18. The summed E-state index contributed by atoms with van der Waals surface area (Å²) in [4.78, 5) is 0. The van der Waals surface area contributed by atoms with E-state index in [-0.39, 0.29) is 0 Å². The Labute approximate surface area is 101 Å². The molecule has 3 N–H and O–H groups in total. The van der Waals surface area contributed by atoms with E-state index in [2.05, 4.69) is 11.4 Å². The second kappa shape index (κ2) is 5.53. The molecule has 1 unspecified atom stereocenters. The maximum atomic E-state index is 6.14. The van der Waals surface area contributed by atoms with Gasteiger partial charge in [-0.1, -0.05) is 23.7 Å². The first-order valence-corrected chi connectivity index (χ1v) is 6.05. The summed E-state index contributed by atoms with van der Waals surface area (Å²) in [5.74, 6) is 0.830. The molecular weight excluding hydrogens is 224 g/mol. The highest BCUT2D eigenvalue weighted by Crippen LogP contribution is 2.36. The highest BCUT2D eigenvalue weighted by molar-refractivity contribution is 6.32. The number of rotatable bonds is 3. The molecule has 1 aliphatic heterocycles. The van der Waals surface area contributed by atoms with Crippen LogP contribution in [0.1, 0.15) is 24.4 Å². The SMILES string of the molecule is NCCNC1CCCOc2c(Cl)cccc21. The van der Waals surface area contributed by atoms with Crippen LogP contribution in [0.3, 0.4) is 0 Å². The van der Waals surface area contributed by atoms with Gasteiger partial charge < -0.3 is 15.8 Å². The van der Waals surface area contributed by atoms with E-state index >= 15 is 0 Å². The van der Waals surface area contributed by atoms with E-state index in [1.807, 2.05) is 12.1 Å². The molecule has 0 fully saturated rings. The summed E-state index contributed by atoms with van der Waals surface area (Å²) in [6.07, 6.45) is 2.10. The third-order valence-corrected chi connectivity index (χ3v) is 3.09. The van der Waals surface area contributed by atoms with Gasteiger partial charge in [0.2, 0.25) is 0 Å². The molecule has 16 heavy (non-hydrogen) atoms. The van der Waals surface area contributed by atoms with Gasteiger partial charge in [0.15, 0.2) is 0 Å². The lowest BCUT2D eigenvalue weighted by atomic mass is 10.0. The Hall–Kier alpha value is -0.770. The number of nitrogens with two attached hydrogens (primary N) is 1. The summed E-state index contributed by atoms with van der Waals surface area (Å²) in [5, 5.41) is 4.12. The molecule has 0 saturated heterocycles. The van der Waals surface area contributed by atoms with E-state index in [0.29, 0.717) is 17.6 Å². The second-order valence-electron chi connectivity index (χ2n) is 3.94. The van der Waals surface area contributed by atoms with E-state index < -0.39 is 0 Å². The Morgan fingerprint density at radius 2 is 2.38 bits per heavy atom. The lowest BCUT2D eigenvalue weighted by Crippen LogP contribution is -2.27. The first-order chi connectivity index (χ1) is 7.83. The quantitative estimate of drug-likeness (QED) is 0.851. The molecule has 4 heteroatoms. The number of halogens is 1. The average Bonchev–Trinajstić information content (AvgIpc) is 2.50. The van der Waals surface area contributed by atoms with Crippen molar-refractivity contribution < 1.29 is 4.74 Å². The molecule has 0 aromatic heterocycles. The van der Waals surface area contributed by atoms with Gasteiger partial charge in [-0.15, -0.1) is 0 Å². The van der Waals surface area contributed by atoms with Crippen LogP contribution in [0.2, 0.25) is 5.02 Å². The molecule has 0 spiro atoms. The third-order valence-electron chi connectivity index (χ3n) is 2.79. The van der Waals surface area contributed by atoms with Crippen molar-refractivity contribution in [3.05, 3.63) is 28.8 Å². The highest BCUT2D eigenvalue weighted by atomic mass is 35.5. The van der Waals surface area contributed by atoms with Crippen molar-refractivity contribution in [2.75, 3.05) is 19.7 Å². The molecule has 1 aliphatic rings. The lowest BCUT2D eigenvalue weighted by molar-refractivity contribution is 0.315. The van der Waals surface area contributed by atoms with Gasteiger partial charge >= 0.3 is 0 Å². The van der Waals surface area contributed by atoms with Crippen LogP contribution < -0.4 is 15.8 Å². The van der Waals surface area contributed by atoms with Crippen molar-refractivity contribution >= 4 is 11.6 Å². The zero-order chi connectivity index (χ0) is 11.4. The predicted octanol–water partition coefficient (Wildman–Crippen LogP) is 2.10. The van der Waals surface area contributed by atoms with Crippen molar-refractivity contribution in [3.8, 4) is 5.75 Å². The fraction of sp³-hybridized carbons (Fsp3) is 0.500. The molecule has 0 amide bonds. The third kappa shape index (κ3) is 2.48. The number of ether oxygens (including phenoxy) is 1. The standard InChI is InChI=1S/C12H17ClN2O/c13-10-4-1-3-9-11(15-7-6-14)5-2-8-16-12(9)10/h1,3-4,11,15H,2,5-8,14H2. The largest absolute Gasteiger partial charge is 0.492 e. The maximum absolute atomic E-state index is 6.14. The molecule has 3 nitrogen and oxygen atoms in total. The van der Waals surface area contributed by atoms with Gasteiger partial charge in [0.05, 0.1) is 11.6 Å². The molecule has 1 aromatic carbocycles. The summed E-state index contributed by atoms with van der Waals surface area (Å²) >= 11 is 6.14. The fourth-order valence-electron chi connectivity index (χ4n) is 2.04. The monoisotopic (exact) mass is 240 g/mol. The van der Waals surface area contributed by atoms with Crippen LogP contribution in [0, 0.1) is 0 Å². The molecule has 0 saturated carbocycles. The minimum Gasteiger partial charge on any atom is -0.492 e. The minimum absolute atomic E-state index is 0.305. The topological polar surface area (TPSA) is 47.3 Å². The normalized spacial score (nSPS) is 19.8. The van der Waals surface area contributed by atoms with Crippen molar-refractivity contribution in [1.29, 1.82) is 0 Å². The van der Waals surface area contributed by atoms with Crippen molar-refractivity contribution in [2.24, 2.45) is 5.73 Å². The molecule has 0 bridgehead atoms. The Balaban J connectivity index is 2.26. The first kappa shape index (κ1) is 11.7. The number of hydrogen-bond donors (Lipinski definition) is 2. The second-order valence-corrected chi connectivity index (χ2v) is 4.35. The smallest absolute Gasteiger partial charge is 0.142 e.